The fourth-order valence-electron chi connectivity index (χ4n) is 2.67. The summed E-state index contributed by atoms with van der Waals surface area (Å²) in [5, 5.41) is 0. The molecule has 1 fully saturated rings. The minimum Gasteiger partial charge on any atom is -0.378 e. The van der Waals surface area contributed by atoms with Gasteiger partial charge < -0.3 is 10.5 Å². The quantitative estimate of drug-likeness (QED) is 0.689. The Morgan fingerprint density at radius 3 is 2.75 bits per heavy atom. The zero-order valence-corrected chi connectivity index (χ0v) is 11.1. The fourth-order valence-corrected chi connectivity index (χ4v) is 2.67. The van der Waals surface area contributed by atoms with Gasteiger partial charge >= 0.3 is 0 Å². The van der Waals surface area contributed by atoms with Gasteiger partial charge in [-0.25, -0.2) is 0 Å². The number of ether oxygens (including phenoxy) is 1. The van der Waals surface area contributed by atoms with E-state index in [9.17, 15) is 0 Å². The van der Waals surface area contributed by atoms with Crippen LogP contribution in [0.2, 0.25) is 0 Å². The molecular formula is C14H29NO. The van der Waals surface area contributed by atoms with Crippen LogP contribution in [-0.2, 0) is 4.74 Å². The topological polar surface area (TPSA) is 35.2 Å². The van der Waals surface area contributed by atoms with E-state index in [4.69, 9.17) is 10.5 Å². The second kappa shape index (κ2) is 8.08. The number of nitrogens with two attached hydrogens (primary N) is 1. The summed E-state index contributed by atoms with van der Waals surface area (Å²) in [6.07, 6.45) is 10.5. The fraction of sp³-hybridized carbons (Fsp3) is 1.00. The van der Waals surface area contributed by atoms with Crippen molar-refractivity contribution in [2.24, 2.45) is 11.7 Å². The first-order valence-electron chi connectivity index (χ1n) is 7.13. The van der Waals surface area contributed by atoms with Crippen molar-refractivity contribution in [1.82, 2.24) is 0 Å². The minimum absolute atomic E-state index is 0.352. The lowest BCUT2D eigenvalue weighted by Gasteiger charge is -2.21. The van der Waals surface area contributed by atoms with Crippen LogP contribution >= 0.6 is 0 Å². The number of hydrogen-bond acceptors (Lipinski definition) is 2. The van der Waals surface area contributed by atoms with Gasteiger partial charge in [-0.05, 0) is 31.6 Å². The summed E-state index contributed by atoms with van der Waals surface area (Å²) in [7, 11) is 0. The maximum Gasteiger partial charge on any atom is 0.0590 e. The molecule has 0 aromatic rings. The summed E-state index contributed by atoms with van der Waals surface area (Å²) < 4.78 is 5.64. The molecule has 2 heteroatoms. The van der Waals surface area contributed by atoms with Crippen molar-refractivity contribution in [3.05, 3.63) is 0 Å². The maximum absolute atomic E-state index is 6.22. The van der Waals surface area contributed by atoms with Crippen LogP contribution in [0.1, 0.15) is 65.2 Å². The van der Waals surface area contributed by atoms with E-state index in [1.807, 2.05) is 0 Å². The monoisotopic (exact) mass is 227 g/mol. The van der Waals surface area contributed by atoms with Crippen molar-refractivity contribution in [2.45, 2.75) is 77.4 Å². The van der Waals surface area contributed by atoms with E-state index in [2.05, 4.69) is 13.8 Å². The van der Waals surface area contributed by atoms with E-state index in [-0.39, 0.29) is 0 Å². The molecule has 1 aliphatic heterocycles. The van der Waals surface area contributed by atoms with Crippen LogP contribution in [0.5, 0.6) is 0 Å². The van der Waals surface area contributed by atoms with E-state index < -0.39 is 0 Å². The van der Waals surface area contributed by atoms with Gasteiger partial charge in [-0.15, -0.1) is 0 Å². The van der Waals surface area contributed by atoms with Crippen LogP contribution in [-0.4, -0.2) is 18.8 Å². The van der Waals surface area contributed by atoms with Crippen molar-refractivity contribution in [3.63, 3.8) is 0 Å². The molecule has 0 radical (unpaired) electrons. The molecule has 0 spiro atoms. The molecule has 1 aliphatic rings. The molecule has 0 aromatic heterocycles. The SMILES string of the molecule is CCCCC(CC)CC(N)CC1CCCO1. The third-order valence-corrected chi connectivity index (χ3v) is 3.77. The molecule has 16 heavy (non-hydrogen) atoms. The normalized spacial score (nSPS) is 24.6. The summed E-state index contributed by atoms with van der Waals surface area (Å²) in [5.41, 5.74) is 6.22. The van der Waals surface area contributed by atoms with Crippen molar-refractivity contribution in [3.8, 4) is 0 Å². The molecule has 1 heterocycles. The zero-order chi connectivity index (χ0) is 11.8. The highest BCUT2D eigenvalue weighted by molar-refractivity contribution is 4.75. The van der Waals surface area contributed by atoms with Gasteiger partial charge in [-0.1, -0.05) is 39.5 Å². The van der Waals surface area contributed by atoms with Gasteiger partial charge in [-0.2, -0.15) is 0 Å². The molecule has 0 saturated carbocycles. The molecule has 3 unspecified atom stereocenters. The highest BCUT2D eigenvalue weighted by Gasteiger charge is 2.20. The average molecular weight is 227 g/mol. The Balaban J connectivity index is 2.16. The summed E-state index contributed by atoms with van der Waals surface area (Å²) in [6.45, 7) is 5.50. The van der Waals surface area contributed by atoms with Crippen LogP contribution in [0.3, 0.4) is 0 Å². The Labute approximate surface area is 101 Å². The number of rotatable bonds is 8. The lowest BCUT2D eigenvalue weighted by atomic mass is 9.90. The van der Waals surface area contributed by atoms with Crippen molar-refractivity contribution < 1.29 is 4.74 Å². The standard InChI is InChI=1S/C14H29NO/c1-3-5-7-12(4-2)10-13(15)11-14-8-6-9-16-14/h12-14H,3-11,15H2,1-2H3. The van der Waals surface area contributed by atoms with E-state index >= 15 is 0 Å². The molecule has 2 N–H and O–H groups in total. The van der Waals surface area contributed by atoms with Gasteiger partial charge in [0.15, 0.2) is 0 Å². The van der Waals surface area contributed by atoms with Crippen LogP contribution in [0, 0.1) is 5.92 Å². The van der Waals surface area contributed by atoms with E-state index in [1.165, 1.54) is 44.9 Å². The molecule has 3 atom stereocenters. The Kier molecular flexibility index (Phi) is 7.06. The second-order valence-corrected chi connectivity index (χ2v) is 5.28. The zero-order valence-electron chi connectivity index (χ0n) is 11.1. The smallest absolute Gasteiger partial charge is 0.0590 e. The Hall–Kier alpha value is -0.0800. The van der Waals surface area contributed by atoms with Gasteiger partial charge in [0, 0.05) is 12.6 Å². The summed E-state index contributed by atoms with van der Waals surface area (Å²) >= 11 is 0. The Bertz CT molecular complexity index is 166. The highest BCUT2D eigenvalue weighted by Crippen LogP contribution is 2.22. The van der Waals surface area contributed by atoms with Gasteiger partial charge in [0.05, 0.1) is 6.10 Å². The third-order valence-electron chi connectivity index (χ3n) is 3.77. The molecule has 1 rings (SSSR count). The molecule has 2 nitrogen and oxygen atoms in total. The van der Waals surface area contributed by atoms with Gasteiger partial charge in [0.2, 0.25) is 0 Å². The summed E-state index contributed by atoms with van der Waals surface area (Å²) in [6, 6.07) is 0.352. The predicted octanol–water partition coefficient (Wildman–Crippen LogP) is 3.49. The van der Waals surface area contributed by atoms with Crippen LogP contribution in [0.25, 0.3) is 0 Å². The van der Waals surface area contributed by atoms with Crippen molar-refractivity contribution in [2.75, 3.05) is 6.61 Å². The summed E-state index contributed by atoms with van der Waals surface area (Å²) in [4.78, 5) is 0. The molecule has 0 aliphatic carbocycles. The van der Waals surface area contributed by atoms with Gasteiger partial charge in [0.1, 0.15) is 0 Å². The molecular weight excluding hydrogens is 198 g/mol. The van der Waals surface area contributed by atoms with Crippen LogP contribution in [0.4, 0.5) is 0 Å². The third kappa shape index (κ3) is 5.31. The summed E-state index contributed by atoms with van der Waals surface area (Å²) in [5.74, 6) is 0.830. The van der Waals surface area contributed by atoms with Crippen molar-refractivity contribution >= 4 is 0 Å². The Morgan fingerprint density at radius 1 is 1.38 bits per heavy atom. The molecule has 0 amide bonds. The Morgan fingerprint density at radius 2 is 2.19 bits per heavy atom. The number of unbranched alkanes of at least 4 members (excludes halogenated alkanes) is 1. The first kappa shape index (κ1) is 14.0. The minimum atomic E-state index is 0.352. The second-order valence-electron chi connectivity index (χ2n) is 5.28. The van der Waals surface area contributed by atoms with Crippen molar-refractivity contribution in [1.29, 1.82) is 0 Å². The van der Waals surface area contributed by atoms with E-state index in [0.717, 1.165) is 18.9 Å². The van der Waals surface area contributed by atoms with Crippen LogP contribution < -0.4 is 5.73 Å². The van der Waals surface area contributed by atoms with Crippen LogP contribution in [0.15, 0.2) is 0 Å². The van der Waals surface area contributed by atoms with E-state index in [0.29, 0.717) is 12.1 Å². The molecule has 96 valence electrons. The molecule has 0 bridgehead atoms. The average Bonchev–Trinajstić information content (AvgIpc) is 2.76. The number of hydrogen-bond donors (Lipinski definition) is 1. The lowest BCUT2D eigenvalue weighted by Crippen LogP contribution is -2.28. The lowest BCUT2D eigenvalue weighted by molar-refractivity contribution is 0.0955. The molecule has 1 saturated heterocycles. The first-order valence-corrected chi connectivity index (χ1v) is 7.13. The predicted molar refractivity (Wildman–Crippen MR) is 69.5 cm³/mol. The molecule has 0 aromatic carbocycles. The maximum atomic E-state index is 6.22. The largest absolute Gasteiger partial charge is 0.378 e. The van der Waals surface area contributed by atoms with Gasteiger partial charge in [0.25, 0.3) is 0 Å². The van der Waals surface area contributed by atoms with Gasteiger partial charge in [-0.3, -0.25) is 0 Å². The van der Waals surface area contributed by atoms with E-state index in [1.54, 1.807) is 0 Å². The first-order chi connectivity index (χ1) is 7.76. The highest BCUT2D eigenvalue weighted by atomic mass is 16.5.